The lowest BCUT2D eigenvalue weighted by atomic mass is 9.99. The first-order chi connectivity index (χ1) is 12.7. The lowest BCUT2D eigenvalue weighted by molar-refractivity contribution is -0.137. The molecule has 0 spiro atoms. The molecular formula is C19H19O7S-. The van der Waals surface area contributed by atoms with Crippen LogP contribution in [0.2, 0.25) is 0 Å². The molecule has 0 saturated heterocycles. The number of ether oxygens (including phenoxy) is 2. The topological polar surface area (TPSA) is 110 Å². The Balaban J connectivity index is 1.93. The highest BCUT2D eigenvalue weighted by Gasteiger charge is 2.14. The summed E-state index contributed by atoms with van der Waals surface area (Å²) in [5.41, 5.74) is 0.967. The minimum Gasteiger partial charge on any atom is -0.744 e. The molecule has 0 saturated carbocycles. The van der Waals surface area contributed by atoms with E-state index in [0.29, 0.717) is 11.7 Å². The number of benzene rings is 2. The molecule has 0 N–H and O–H groups in total. The molecule has 0 aliphatic rings. The quantitative estimate of drug-likeness (QED) is 0.405. The predicted molar refractivity (Wildman–Crippen MR) is 95.5 cm³/mol. The molecule has 2 aromatic carbocycles. The van der Waals surface area contributed by atoms with Crippen molar-refractivity contribution in [1.82, 2.24) is 0 Å². The van der Waals surface area contributed by atoms with E-state index in [9.17, 15) is 22.6 Å². The van der Waals surface area contributed by atoms with Crippen LogP contribution in [-0.2, 0) is 19.6 Å². The molecule has 1 atom stereocenters. The molecule has 0 aromatic heterocycles. The summed E-state index contributed by atoms with van der Waals surface area (Å²) in [5, 5.41) is 0. The zero-order valence-electron chi connectivity index (χ0n) is 14.9. The zero-order chi connectivity index (χ0) is 20.0. The molecule has 0 fully saturated rings. The summed E-state index contributed by atoms with van der Waals surface area (Å²) in [6.45, 7) is 3.52. The molecule has 0 heterocycles. The van der Waals surface area contributed by atoms with Gasteiger partial charge in [-0.1, -0.05) is 32.0 Å². The maximum atomic E-state index is 11.9. The largest absolute Gasteiger partial charge is 0.744 e. The molecule has 2 aromatic rings. The molecule has 0 amide bonds. The summed E-state index contributed by atoms with van der Waals surface area (Å²) >= 11 is 0. The Morgan fingerprint density at radius 3 is 2.37 bits per heavy atom. The van der Waals surface area contributed by atoms with Crippen molar-refractivity contribution >= 4 is 22.1 Å². The maximum Gasteiger partial charge on any atom is 0.349 e. The average Bonchev–Trinajstić information content (AvgIpc) is 2.65. The van der Waals surface area contributed by atoms with Gasteiger partial charge in [-0.25, -0.2) is 18.0 Å². The van der Waals surface area contributed by atoms with Crippen LogP contribution >= 0.6 is 0 Å². The summed E-state index contributed by atoms with van der Waals surface area (Å²) < 4.78 is 42.8. The van der Waals surface area contributed by atoms with Crippen LogP contribution in [0.4, 0.5) is 0 Å². The molecule has 1 unspecified atom stereocenters. The standard InChI is InChI=1S/C19H20O7S/c1-3-13(2)14-7-9-16(10-8-14)26-18(20)12-25-19(21)15-5-4-6-17(11-15)27(22,23)24/h4-11,13H,3,12H2,1-2H3,(H,22,23,24)/p-1. The Labute approximate surface area is 157 Å². The minimum absolute atomic E-state index is 0.155. The number of hydrogen-bond donors (Lipinski definition) is 0. The van der Waals surface area contributed by atoms with E-state index < -0.39 is 33.6 Å². The Bertz CT molecular complexity index is 917. The van der Waals surface area contributed by atoms with Crippen LogP contribution in [-0.4, -0.2) is 31.5 Å². The van der Waals surface area contributed by atoms with Crippen molar-refractivity contribution in [2.75, 3.05) is 6.61 Å². The first-order valence-electron chi connectivity index (χ1n) is 8.24. The van der Waals surface area contributed by atoms with Crippen molar-refractivity contribution in [2.24, 2.45) is 0 Å². The van der Waals surface area contributed by atoms with Gasteiger partial charge in [0.25, 0.3) is 0 Å². The van der Waals surface area contributed by atoms with Gasteiger partial charge in [0.1, 0.15) is 15.9 Å². The van der Waals surface area contributed by atoms with E-state index in [1.165, 1.54) is 12.1 Å². The van der Waals surface area contributed by atoms with Crippen LogP contribution in [0.25, 0.3) is 0 Å². The second kappa shape index (κ2) is 8.79. The van der Waals surface area contributed by atoms with Gasteiger partial charge in [0.05, 0.1) is 10.5 Å². The average molecular weight is 391 g/mol. The molecule has 0 aliphatic carbocycles. The monoisotopic (exact) mass is 391 g/mol. The molecule has 0 bridgehead atoms. The number of carbonyl (C=O) groups is 2. The fraction of sp³-hybridized carbons (Fsp3) is 0.263. The van der Waals surface area contributed by atoms with E-state index in [0.717, 1.165) is 24.1 Å². The van der Waals surface area contributed by atoms with Crippen LogP contribution in [0.15, 0.2) is 53.4 Å². The number of carbonyl (C=O) groups excluding carboxylic acids is 2. The highest BCUT2D eigenvalue weighted by Crippen LogP contribution is 2.21. The fourth-order valence-electron chi connectivity index (χ4n) is 2.25. The van der Waals surface area contributed by atoms with Gasteiger partial charge in [0, 0.05) is 0 Å². The van der Waals surface area contributed by atoms with Crippen LogP contribution in [0.1, 0.15) is 42.1 Å². The van der Waals surface area contributed by atoms with Crippen molar-refractivity contribution in [3.63, 3.8) is 0 Å². The Kier molecular flexibility index (Phi) is 6.70. The van der Waals surface area contributed by atoms with Crippen molar-refractivity contribution in [3.8, 4) is 5.75 Å². The Morgan fingerprint density at radius 1 is 1.11 bits per heavy atom. The van der Waals surface area contributed by atoms with Gasteiger partial charge >= 0.3 is 11.9 Å². The van der Waals surface area contributed by atoms with E-state index in [1.54, 1.807) is 12.1 Å². The van der Waals surface area contributed by atoms with Crippen molar-refractivity contribution < 1.29 is 32.0 Å². The van der Waals surface area contributed by atoms with Gasteiger partial charge in [-0.3, -0.25) is 0 Å². The number of rotatable bonds is 7. The van der Waals surface area contributed by atoms with Gasteiger partial charge in [-0.15, -0.1) is 0 Å². The Morgan fingerprint density at radius 2 is 1.78 bits per heavy atom. The van der Waals surface area contributed by atoms with Gasteiger partial charge in [-0.2, -0.15) is 0 Å². The lowest BCUT2D eigenvalue weighted by Gasteiger charge is -2.10. The van der Waals surface area contributed by atoms with Gasteiger partial charge < -0.3 is 14.0 Å². The number of esters is 2. The van der Waals surface area contributed by atoms with Crippen LogP contribution < -0.4 is 4.74 Å². The van der Waals surface area contributed by atoms with Crippen molar-refractivity contribution in [2.45, 2.75) is 31.1 Å². The zero-order valence-corrected chi connectivity index (χ0v) is 15.7. The first-order valence-corrected chi connectivity index (χ1v) is 9.65. The van der Waals surface area contributed by atoms with Crippen LogP contribution in [0, 0.1) is 0 Å². The second-order valence-electron chi connectivity index (χ2n) is 5.91. The fourth-order valence-corrected chi connectivity index (χ4v) is 2.76. The van der Waals surface area contributed by atoms with Gasteiger partial charge in [-0.05, 0) is 48.2 Å². The summed E-state index contributed by atoms with van der Waals surface area (Å²) in [7, 11) is -4.69. The molecule has 8 heteroatoms. The smallest absolute Gasteiger partial charge is 0.349 e. The lowest BCUT2D eigenvalue weighted by Crippen LogP contribution is -2.19. The molecular weight excluding hydrogens is 372 g/mol. The summed E-state index contributed by atoms with van der Waals surface area (Å²) in [4.78, 5) is 23.2. The third-order valence-electron chi connectivity index (χ3n) is 3.97. The molecule has 7 nitrogen and oxygen atoms in total. The molecule has 0 aliphatic heterocycles. The second-order valence-corrected chi connectivity index (χ2v) is 7.29. The van der Waals surface area contributed by atoms with E-state index in [1.807, 2.05) is 12.1 Å². The highest BCUT2D eigenvalue weighted by molar-refractivity contribution is 7.85. The first kappa shape index (κ1) is 20.6. The third-order valence-corrected chi connectivity index (χ3v) is 4.80. The van der Waals surface area contributed by atoms with E-state index in [2.05, 4.69) is 13.8 Å². The summed E-state index contributed by atoms with van der Waals surface area (Å²) in [6.07, 6.45) is 0.990. The van der Waals surface area contributed by atoms with Gasteiger partial charge in [0.2, 0.25) is 0 Å². The molecule has 0 radical (unpaired) electrons. The van der Waals surface area contributed by atoms with Gasteiger partial charge in [0.15, 0.2) is 6.61 Å². The summed E-state index contributed by atoms with van der Waals surface area (Å²) in [5.74, 6) is -1.01. The third kappa shape index (κ3) is 5.90. The summed E-state index contributed by atoms with van der Waals surface area (Å²) in [6, 6.07) is 11.5. The minimum atomic E-state index is -4.69. The van der Waals surface area contributed by atoms with E-state index >= 15 is 0 Å². The maximum absolute atomic E-state index is 11.9. The van der Waals surface area contributed by atoms with Crippen molar-refractivity contribution in [3.05, 3.63) is 59.7 Å². The normalized spacial score (nSPS) is 12.3. The molecule has 27 heavy (non-hydrogen) atoms. The SMILES string of the molecule is CCC(C)c1ccc(OC(=O)COC(=O)c2cccc(S(=O)(=O)[O-])c2)cc1. The Hall–Kier alpha value is -2.71. The number of hydrogen-bond acceptors (Lipinski definition) is 7. The predicted octanol–water partition coefficient (Wildman–Crippen LogP) is 2.87. The van der Waals surface area contributed by atoms with Crippen molar-refractivity contribution in [1.29, 1.82) is 0 Å². The molecule has 144 valence electrons. The van der Waals surface area contributed by atoms with E-state index in [-0.39, 0.29) is 5.56 Å². The molecule has 2 rings (SSSR count). The highest BCUT2D eigenvalue weighted by atomic mass is 32.2. The van der Waals surface area contributed by atoms with Crippen LogP contribution in [0.5, 0.6) is 5.75 Å². The van der Waals surface area contributed by atoms with Crippen LogP contribution in [0.3, 0.4) is 0 Å². The van der Waals surface area contributed by atoms with E-state index in [4.69, 9.17) is 9.47 Å².